The van der Waals surface area contributed by atoms with Gasteiger partial charge < -0.3 is 0 Å². The van der Waals surface area contributed by atoms with E-state index >= 15 is 0 Å². The molecule has 0 aliphatic heterocycles. The lowest BCUT2D eigenvalue weighted by molar-refractivity contribution is 0.423. The first-order valence-electron chi connectivity index (χ1n) is 3.68. The van der Waals surface area contributed by atoms with Crippen LogP contribution in [0.5, 0.6) is 0 Å². The Kier molecular flexibility index (Phi) is 1.97. The van der Waals surface area contributed by atoms with Crippen LogP contribution in [0.25, 0.3) is 0 Å². The van der Waals surface area contributed by atoms with E-state index in [1.54, 1.807) is 0 Å². The zero-order chi connectivity index (χ0) is 7.45. The smallest absolute Gasteiger partial charge is 0.0699 e. The fraction of sp³-hybridized carbons (Fsp3) is 0.667. The molecule has 0 radical (unpaired) electrons. The quantitative estimate of drug-likeness (QED) is 0.502. The zero-order valence-corrected chi connectivity index (χ0v) is 6.06. The van der Waals surface area contributed by atoms with E-state index in [1.165, 1.54) is 12.8 Å². The Balaban J connectivity index is 2.62. The number of hydrogen-bond donors (Lipinski definition) is 0. The molecule has 0 unspecified atom stereocenters. The van der Waals surface area contributed by atoms with E-state index in [1.807, 2.05) is 0 Å². The minimum atomic E-state index is -0.144. The molecule has 1 aliphatic carbocycles. The SMILES string of the molecule is C#CCC1(C#N)CCCC1. The van der Waals surface area contributed by atoms with E-state index in [4.69, 9.17) is 11.7 Å². The van der Waals surface area contributed by atoms with Gasteiger partial charge in [0.25, 0.3) is 0 Å². The topological polar surface area (TPSA) is 23.8 Å². The molecule has 0 spiro atoms. The summed E-state index contributed by atoms with van der Waals surface area (Å²) in [6.07, 6.45) is 10.2. The second kappa shape index (κ2) is 2.76. The van der Waals surface area contributed by atoms with Crippen molar-refractivity contribution in [1.82, 2.24) is 0 Å². The van der Waals surface area contributed by atoms with Crippen LogP contribution < -0.4 is 0 Å². The molecule has 0 aromatic carbocycles. The van der Waals surface area contributed by atoms with Crippen LogP contribution in [0, 0.1) is 29.1 Å². The fourth-order valence-electron chi connectivity index (χ4n) is 1.58. The maximum Gasteiger partial charge on any atom is 0.0699 e. The summed E-state index contributed by atoms with van der Waals surface area (Å²) in [5.41, 5.74) is -0.144. The number of hydrogen-bond acceptors (Lipinski definition) is 1. The normalized spacial score (nSPS) is 21.4. The van der Waals surface area contributed by atoms with Gasteiger partial charge in [-0.25, -0.2) is 0 Å². The molecule has 1 aliphatic rings. The Bertz CT molecular complexity index is 186. The molecular formula is C9H11N. The predicted octanol–water partition coefficient (Wildman–Crippen LogP) is 2.09. The van der Waals surface area contributed by atoms with Gasteiger partial charge in [0.2, 0.25) is 0 Å². The predicted molar refractivity (Wildman–Crippen MR) is 40.0 cm³/mol. The van der Waals surface area contributed by atoms with Gasteiger partial charge in [-0.05, 0) is 12.8 Å². The van der Waals surface area contributed by atoms with Crippen molar-refractivity contribution in [3.8, 4) is 18.4 Å². The Labute approximate surface area is 62.0 Å². The van der Waals surface area contributed by atoms with Crippen molar-refractivity contribution in [2.24, 2.45) is 5.41 Å². The Morgan fingerprint density at radius 2 is 2.00 bits per heavy atom. The molecule has 0 amide bonds. The van der Waals surface area contributed by atoms with Crippen LogP contribution in [0.4, 0.5) is 0 Å². The van der Waals surface area contributed by atoms with Gasteiger partial charge in [-0.15, -0.1) is 12.3 Å². The van der Waals surface area contributed by atoms with E-state index in [9.17, 15) is 0 Å². The molecule has 0 saturated heterocycles. The minimum absolute atomic E-state index is 0.144. The summed E-state index contributed by atoms with van der Waals surface area (Å²) in [7, 11) is 0. The number of rotatable bonds is 1. The largest absolute Gasteiger partial charge is 0.198 e. The summed E-state index contributed by atoms with van der Waals surface area (Å²) >= 11 is 0. The van der Waals surface area contributed by atoms with Gasteiger partial charge in [-0.2, -0.15) is 5.26 Å². The lowest BCUT2D eigenvalue weighted by atomic mass is 9.85. The molecule has 1 rings (SSSR count). The van der Waals surface area contributed by atoms with Crippen LogP contribution >= 0.6 is 0 Å². The maximum absolute atomic E-state index is 8.80. The van der Waals surface area contributed by atoms with E-state index in [0.717, 1.165) is 12.8 Å². The summed E-state index contributed by atoms with van der Waals surface area (Å²) < 4.78 is 0. The molecule has 0 N–H and O–H groups in total. The highest BCUT2D eigenvalue weighted by atomic mass is 14.4. The number of nitrogens with zero attached hydrogens (tertiary/aromatic N) is 1. The van der Waals surface area contributed by atoms with Crippen molar-refractivity contribution in [2.45, 2.75) is 32.1 Å². The summed E-state index contributed by atoms with van der Waals surface area (Å²) in [6, 6.07) is 2.34. The molecule has 1 saturated carbocycles. The molecule has 10 heavy (non-hydrogen) atoms. The third kappa shape index (κ3) is 1.14. The second-order valence-corrected chi connectivity index (χ2v) is 2.98. The van der Waals surface area contributed by atoms with Gasteiger partial charge in [-0.3, -0.25) is 0 Å². The molecular weight excluding hydrogens is 122 g/mol. The Morgan fingerprint density at radius 3 is 2.40 bits per heavy atom. The van der Waals surface area contributed by atoms with Crippen LogP contribution in [0.2, 0.25) is 0 Å². The highest BCUT2D eigenvalue weighted by Crippen LogP contribution is 2.39. The molecule has 0 bridgehead atoms. The van der Waals surface area contributed by atoms with Gasteiger partial charge in [0.05, 0.1) is 11.5 Å². The summed E-state index contributed by atoms with van der Waals surface area (Å²) in [4.78, 5) is 0. The number of terminal acetylenes is 1. The molecule has 0 heterocycles. The Hall–Kier alpha value is -0.950. The average Bonchev–Trinajstić information content (AvgIpc) is 2.39. The molecule has 1 nitrogen and oxygen atoms in total. The van der Waals surface area contributed by atoms with E-state index < -0.39 is 0 Å². The van der Waals surface area contributed by atoms with Crippen molar-refractivity contribution in [3.63, 3.8) is 0 Å². The molecule has 0 aromatic heterocycles. The zero-order valence-electron chi connectivity index (χ0n) is 6.06. The lowest BCUT2D eigenvalue weighted by Crippen LogP contribution is -2.11. The highest BCUT2D eigenvalue weighted by molar-refractivity contribution is 5.08. The first-order chi connectivity index (χ1) is 4.83. The van der Waals surface area contributed by atoms with Crippen LogP contribution in [-0.4, -0.2) is 0 Å². The van der Waals surface area contributed by atoms with Crippen LogP contribution in [0.3, 0.4) is 0 Å². The molecule has 52 valence electrons. The van der Waals surface area contributed by atoms with Gasteiger partial charge in [0.15, 0.2) is 0 Å². The molecule has 0 atom stereocenters. The van der Waals surface area contributed by atoms with Crippen molar-refractivity contribution in [1.29, 1.82) is 5.26 Å². The third-order valence-electron chi connectivity index (χ3n) is 2.24. The van der Waals surface area contributed by atoms with Crippen LogP contribution in [-0.2, 0) is 0 Å². The summed E-state index contributed by atoms with van der Waals surface area (Å²) in [5.74, 6) is 2.58. The maximum atomic E-state index is 8.80. The van der Waals surface area contributed by atoms with Crippen molar-refractivity contribution in [3.05, 3.63) is 0 Å². The van der Waals surface area contributed by atoms with Crippen molar-refractivity contribution < 1.29 is 0 Å². The minimum Gasteiger partial charge on any atom is -0.198 e. The van der Waals surface area contributed by atoms with E-state index in [0.29, 0.717) is 6.42 Å². The first-order valence-corrected chi connectivity index (χ1v) is 3.68. The van der Waals surface area contributed by atoms with Gasteiger partial charge >= 0.3 is 0 Å². The summed E-state index contributed by atoms with van der Waals surface area (Å²) in [6.45, 7) is 0. The lowest BCUT2D eigenvalue weighted by Gasteiger charge is -2.15. The van der Waals surface area contributed by atoms with Crippen LogP contribution in [0.1, 0.15) is 32.1 Å². The van der Waals surface area contributed by atoms with E-state index in [2.05, 4.69) is 12.0 Å². The standard InChI is InChI=1S/C9H11N/c1-2-5-9(8-10)6-3-4-7-9/h1H,3-7H2. The first kappa shape index (κ1) is 7.16. The van der Waals surface area contributed by atoms with Gasteiger partial charge in [-0.1, -0.05) is 12.8 Å². The molecule has 1 fully saturated rings. The fourth-order valence-corrected chi connectivity index (χ4v) is 1.58. The number of nitriles is 1. The monoisotopic (exact) mass is 133 g/mol. The van der Waals surface area contributed by atoms with Crippen LogP contribution in [0.15, 0.2) is 0 Å². The van der Waals surface area contributed by atoms with Crippen molar-refractivity contribution in [2.75, 3.05) is 0 Å². The summed E-state index contributed by atoms with van der Waals surface area (Å²) in [5, 5.41) is 8.80. The molecule has 1 heteroatoms. The van der Waals surface area contributed by atoms with Gasteiger partial charge in [0.1, 0.15) is 0 Å². The Morgan fingerprint density at radius 1 is 1.40 bits per heavy atom. The van der Waals surface area contributed by atoms with Crippen molar-refractivity contribution >= 4 is 0 Å². The third-order valence-corrected chi connectivity index (χ3v) is 2.24. The molecule has 0 aromatic rings. The van der Waals surface area contributed by atoms with Gasteiger partial charge in [0, 0.05) is 6.42 Å². The average molecular weight is 133 g/mol. The van der Waals surface area contributed by atoms with E-state index in [-0.39, 0.29) is 5.41 Å². The highest BCUT2D eigenvalue weighted by Gasteiger charge is 2.32. The second-order valence-electron chi connectivity index (χ2n) is 2.98.